The molecule has 25 heavy (non-hydrogen) atoms. The second kappa shape index (κ2) is 6.41. The van der Waals surface area contributed by atoms with Gasteiger partial charge in [0.05, 0.1) is 19.3 Å². The van der Waals surface area contributed by atoms with E-state index in [0.717, 1.165) is 5.56 Å². The van der Waals surface area contributed by atoms with Crippen LogP contribution in [0.1, 0.15) is 52.2 Å². The van der Waals surface area contributed by atoms with Crippen molar-refractivity contribution in [3.63, 3.8) is 0 Å². The molecule has 1 aromatic carbocycles. The lowest BCUT2D eigenvalue weighted by Gasteiger charge is -2.38. The predicted molar refractivity (Wildman–Crippen MR) is 93.0 cm³/mol. The molecule has 1 spiro atoms. The van der Waals surface area contributed by atoms with Gasteiger partial charge >= 0.3 is 6.09 Å². The molecule has 0 aliphatic carbocycles. The van der Waals surface area contributed by atoms with Gasteiger partial charge in [-0.05, 0) is 39.8 Å². The molecule has 6 nitrogen and oxygen atoms in total. The number of benzene rings is 1. The third-order valence-electron chi connectivity index (χ3n) is 4.51. The van der Waals surface area contributed by atoms with E-state index < -0.39 is 17.3 Å². The quantitative estimate of drug-likeness (QED) is 0.887. The van der Waals surface area contributed by atoms with Crippen LogP contribution >= 0.6 is 0 Å². The van der Waals surface area contributed by atoms with Crippen LogP contribution in [0.3, 0.4) is 0 Å². The first-order valence-corrected chi connectivity index (χ1v) is 8.83. The van der Waals surface area contributed by atoms with Crippen LogP contribution in [-0.4, -0.2) is 47.0 Å². The average molecular weight is 349 g/mol. The van der Waals surface area contributed by atoms with Crippen molar-refractivity contribution in [3.8, 4) is 11.5 Å². The lowest BCUT2D eigenvalue weighted by atomic mass is 9.88. The highest BCUT2D eigenvalue weighted by atomic mass is 16.6. The molecule has 138 valence electrons. The van der Waals surface area contributed by atoms with Crippen molar-refractivity contribution in [1.82, 2.24) is 4.90 Å². The molecule has 0 saturated carbocycles. The van der Waals surface area contributed by atoms with Gasteiger partial charge in [0, 0.05) is 31.0 Å². The summed E-state index contributed by atoms with van der Waals surface area (Å²) < 4.78 is 17.2. The van der Waals surface area contributed by atoms with Crippen molar-refractivity contribution < 1.29 is 24.1 Å². The molecular weight excluding hydrogens is 322 g/mol. The van der Waals surface area contributed by atoms with E-state index >= 15 is 0 Å². The van der Waals surface area contributed by atoms with E-state index in [1.165, 1.54) is 0 Å². The topological polar surface area (TPSA) is 68.2 Å². The number of hydrogen-bond donors (Lipinski definition) is 1. The number of likely N-dealkylation sites (tertiary alicyclic amines) is 1. The van der Waals surface area contributed by atoms with Gasteiger partial charge in [-0.25, -0.2) is 4.79 Å². The molecule has 1 fully saturated rings. The van der Waals surface area contributed by atoms with E-state index in [0.29, 0.717) is 44.0 Å². The molecule has 2 aliphatic rings. The second-order valence-corrected chi connectivity index (χ2v) is 7.79. The molecule has 1 amide bonds. The Labute approximate surface area is 148 Å². The number of rotatable bonds is 2. The molecule has 1 saturated heterocycles. The molecule has 0 unspecified atom stereocenters. The number of aliphatic hydroxyl groups is 1. The van der Waals surface area contributed by atoms with Crippen LogP contribution in [0.25, 0.3) is 0 Å². The summed E-state index contributed by atoms with van der Waals surface area (Å²) in [7, 11) is 0. The molecule has 6 heteroatoms. The summed E-state index contributed by atoms with van der Waals surface area (Å²) in [5.74, 6) is 1.35. The Morgan fingerprint density at radius 2 is 2.20 bits per heavy atom. The van der Waals surface area contributed by atoms with E-state index in [-0.39, 0.29) is 6.09 Å². The molecule has 1 N–H and O–H groups in total. The molecule has 2 atom stereocenters. The van der Waals surface area contributed by atoms with Crippen LogP contribution in [0.5, 0.6) is 11.5 Å². The highest BCUT2D eigenvalue weighted by Crippen LogP contribution is 2.45. The fourth-order valence-corrected chi connectivity index (χ4v) is 3.45. The Morgan fingerprint density at radius 1 is 1.44 bits per heavy atom. The van der Waals surface area contributed by atoms with Gasteiger partial charge in [0.25, 0.3) is 0 Å². The van der Waals surface area contributed by atoms with E-state index in [2.05, 4.69) is 0 Å². The maximum absolute atomic E-state index is 12.3. The molecule has 3 rings (SSSR count). The van der Waals surface area contributed by atoms with E-state index in [1.54, 1.807) is 4.90 Å². The molecule has 2 aliphatic heterocycles. The highest BCUT2D eigenvalue weighted by molar-refractivity contribution is 5.68. The van der Waals surface area contributed by atoms with Gasteiger partial charge in [0.1, 0.15) is 22.7 Å². The van der Waals surface area contributed by atoms with Crippen LogP contribution < -0.4 is 9.47 Å². The number of ether oxygens (including phenoxy) is 3. The Kier molecular flexibility index (Phi) is 4.58. The van der Waals surface area contributed by atoms with Crippen molar-refractivity contribution in [2.75, 3.05) is 19.7 Å². The Morgan fingerprint density at radius 3 is 2.88 bits per heavy atom. The summed E-state index contributed by atoms with van der Waals surface area (Å²) in [6.45, 7) is 9.01. The van der Waals surface area contributed by atoms with Gasteiger partial charge in [-0.3, -0.25) is 0 Å². The van der Waals surface area contributed by atoms with Crippen LogP contribution in [0.4, 0.5) is 4.79 Å². The van der Waals surface area contributed by atoms with Gasteiger partial charge < -0.3 is 24.2 Å². The van der Waals surface area contributed by atoms with Crippen molar-refractivity contribution in [3.05, 3.63) is 23.8 Å². The van der Waals surface area contributed by atoms with Crippen molar-refractivity contribution >= 4 is 6.09 Å². The normalized spacial score (nSPS) is 25.5. The third-order valence-corrected chi connectivity index (χ3v) is 4.51. The first kappa shape index (κ1) is 17.9. The Hall–Kier alpha value is -1.95. The van der Waals surface area contributed by atoms with Gasteiger partial charge in [-0.1, -0.05) is 0 Å². The highest BCUT2D eigenvalue weighted by Gasteiger charge is 2.47. The number of amides is 1. The van der Waals surface area contributed by atoms with Gasteiger partial charge in [0.15, 0.2) is 0 Å². The van der Waals surface area contributed by atoms with E-state index in [4.69, 9.17) is 14.2 Å². The minimum Gasteiger partial charge on any atom is -0.494 e. The number of fused-ring (bicyclic) bond motifs is 1. The number of carbonyl (C=O) groups is 1. The second-order valence-electron chi connectivity index (χ2n) is 7.79. The van der Waals surface area contributed by atoms with Crippen molar-refractivity contribution in [2.24, 2.45) is 0 Å². The van der Waals surface area contributed by atoms with E-state index in [1.807, 2.05) is 45.9 Å². The minimum atomic E-state index is -0.613. The summed E-state index contributed by atoms with van der Waals surface area (Å²) in [6.07, 6.45) is 0.184. The molecule has 0 radical (unpaired) electrons. The Balaban J connectivity index is 1.76. The van der Waals surface area contributed by atoms with E-state index in [9.17, 15) is 9.90 Å². The zero-order valence-corrected chi connectivity index (χ0v) is 15.4. The average Bonchev–Trinajstić information content (AvgIpc) is 2.89. The lowest BCUT2D eigenvalue weighted by molar-refractivity contribution is -0.0133. The number of carbonyl (C=O) groups excluding carboxylic acids is 1. The van der Waals surface area contributed by atoms with Crippen LogP contribution in [-0.2, 0) is 4.74 Å². The third kappa shape index (κ3) is 3.84. The zero-order valence-electron chi connectivity index (χ0n) is 15.4. The number of nitrogens with zero attached hydrogens (tertiary/aromatic N) is 1. The van der Waals surface area contributed by atoms with Crippen molar-refractivity contribution in [1.29, 1.82) is 0 Å². The fraction of sp³-hybridized carbons (Fsp3) is 0.632. The maximum Gasteiger partial charge on any atom is 0.410 e. The summed E-state index contributed by atoms with van der Waals surface area (Å²) in [5, 5.41) is 10.6. The smallest absolute Gasteiger partial charge is 0.410 e. The summed E-state index contributed by atoms with van der Waals surface area (Å²) in [6, 6.07) is 5.51. The van der Waals surface area contributed by atoms with Crippen molar-refractivity contribution in [2.45, 2.75) is 57.8 Å². The largest absolute Gasteiger partial charge is 0.494 e. The predicted octanol–water partition coefficient (Wildman–Crippen LogP) is 3.28. The fourth-order valence-electron chi connectivity index (χ4n) is 3.45. The number of aliphatic hydroxyl groups excluding tert-OH is 1. The minimum absolute atomic E-state index is 0.337. The molecule has 0 bridgehead atoms. The van der Waals surface area contributed by atoms with Gasteiger partial charge in [0.2, 0.25) is 0 Å². The lowest BCUT2D eigenvalue weighted by Crippen LogP contribution is -2.45. The summed E-state index contributed by atoms with van der Waals surface area (Å²) >= 11 is 0. The van der Waals surface area contributed by atoms with Gasteiger partial charge in [-0.15, -0.1) is 0 Å². The number of hydrogen-bond acceptors (Lipinski definition) is 5. The summed E-state index contributed by atoms with van der Waals surface area (Å²) in [5.41, 5.74) is -0.336. The molecule has 1 aromatic rings. The summed E-state index contributed by atoms with van der Waals surface area (Å²) in [4.78, 5) is 14.0. The Bertz CT molecular complexity index is 654. The monoisotopic (exact) mass is 349 g/mol. The molecular formula is C19H27NO5. The van der Waals surface area contributed by atoms with Crippen LogP contribution in [0.15, 0.2) is 18.2 Å². The van der Waals surface area contributed by atoms with Crippen LogP contribution in [0.2, 0.25) is 0 Å². The van der Waals surface area contributed by atoms with Gasteiger partial charge in [-0.2, -0.15) is 0 Å². The first-order chi connectivity index (χ1) is 11.7. The standard InChI is InChI=1S/C19H27NO5/c1-5-23-13-6-7-14-15(21)11-19(24-16(14)10-13)8-9-20(12-19)17(22)25-18(2,3)4/h6-7,10,15,21H,5,8-9,11-12H2,1-4H3/t15-,19-/m1/s1. The van der Waals surface area contributed by atoms with Crippen LogP contribution in [0, 0.1) is 0 Å². The zero-order chi connectivity index (χ0) is 18.2. The molecule has 2 heterocycles. The first-order valence-electron chi connectivity index (χ1n) is 8.83. The molecule has 0 aromatic heterocycles. The SMILES string of the molecule is CCOc1ccc2c(c1)O[C@]1(CCN(C(=O)OC(C)(C)C)C1)C[C@H]2O. The maximum atomic E-state index is 12.3.